The molecular formula is C9H14N2S. The second-order valence-corrected chi connectivity index (χ2v) is 4.44. The lowest BCUT2D eigenvalue weighted by molar-refractivity contribution is 0.940. The van der Waals surface area contributed by atoms with Gasteiger partial charge >= 0.3 is 0 Å². The minimum atomic E-state index is 0.524. The molecule has 1 heterocycles. The lowest BCUT2D eigenvalue weighted by Crippen LogP contribution is -2.02. The molecule has 1 rings (SSSR count). The van der Waals surface area contributed by atoms with Gasteiger partial charge in [-0.3, -0.25) is 4.98 Å². The van der Waals surface area contributed by atoms with Crippen molar-refractivity contribution >= 4 is 11.8 Å². The van der Waals surface area contributed by atoms with E-state index in [0.717, 1.165) is 5.69 Å². The van der Waals surface area contributed by atoms with E-state index in [2.05, 4.69) is 24.9 Å². The van der Waals surface area contributed by atoms with Gasteiger partial charge in [0.1, 0.15) is 0 Å². The zero-order valence-corrected chi connectivity index (χ0v) is 8.27. The van der Waals surface area contributed by atoms with Crippen molar-refractivity contribution in [1.29, 1.82) is 0 Å². The standard InChI is InChI=1S/C9H14N2S/c1-7(2)12-9-4-3-5-11-8(9)6-10/h3-5,7H,6,10H2,1-2H3. The number of nitrogens with zero attached hydrogens (tertiary/aromatic N) is 1. The Morgan fingerprint density at radius 3 is 2.92 bits per heavy atom. The topological polar surface area (TPSA) is 38.9 Å². The molecule has 0 aliphatic carbocycles. The lowest BCUT2D eigenvalue weighted by atomic mass is 10.3. The van der Waals surface area contributed by atoms with E-state index in [-0.39, 0.29) is 0 Å². The first-order valence-electron chi connectivity index (χ1n) is 4.04. The van der Waals surface area contributed by atoms with Crippen molar-refractivity contribution in [2.24, 2.45) is 5.73 Å². The van der Waals surface area contributed by atoms with E-state index in [0.29, 0.717) is 11.8 Å². The Morgan fingerprint density at radius 1 is 1.58 bits per heavy atom. The van der Waals surface area contributed by atoms with E-state index in [1.165, 1.54) is 4.90 Å². The largest absolute Gasteiger partial charge is 0.325 e. The Balaban J connectivity index is 2.82. The van der Waals surface area contributed by atoms with Crippen LogP contribution in [0.5, 0.6) is 0 Å². The van der Waals surface area contributed by atoms with Crippen molar-refractivity contribution in [2.45, 2.75) is 30.5 Å². The Bertz CT molecular complexity index is 248. The SMILES string of the molecule is CC(C)Sc1cccnc1CN. The fraction of sp³-hybridized carbons (Fsp3) is 0.444. The summed E-state index contributed by atoms with van der Waals surface area (Å²) in [5.41, 5.74) is 6.55. The molecule has 0 aliphatic heterocycles. The number of nitrogens with two attached hydrogens (primary N) is 1. The first-order chi connectivity index (χ1) is 5.74. The third-order valence-electron chi connectivity index (χ3n) is 1.40. The molecule has 2 N–H and O–H groups in total. The average molecular weight is 182 g/mol. The molecule has 1 aromatic rings. The quantitative estimate of drug-likeness (QED) is 0.727. The summed E-state index contributed by atoms with van der Waals surface area (Å²) in [6.07, 6.45) is 1.78. The summed E-state index contributed by atoms with van der Waals surface area (Å²) in [5, 5.41) is 0.583. The van der Waals surface area contributed by atoms with Crippen molar-refractivity contribution in [1.82, 2.24) is 4.98 Å². The van der Waals surface area contributed by atoms with Crippen LogP contribution < -0.4 is 5.73 Å². The van der Waals surface area contributed by atoms with Crippen LogP contribution in [0.4, 0.5) is 0 Å². The minimum Gasteiger partial charge on any atom is -0.325 e. The third-order valence-corrected chi connectivity index (χ3v) is 2.50. The van der Waals surface area contributed by atoms with Gasteiger partial charge in [-0.25, -0.2) is 0 Å². The molecule has 2 nitrogen and oxygen atoms in total. The van der Waals surface area contributed by atoms with E-state index in [9.17, 15) is 0 Å². The number of hydrogen-bond acceptors (Lipinski definition) is 3. The van der Waals surface area contributed by atoms with Gasteiger partial charge in [0.25, 0.3) is 0 Å². The van der Waals surface area contributed by atoms with Gasteiger partial charge in [-0.1, -0.05) is 13.8 Å². The normalized spacial score (nSPS) is 10.7. The molecule has 0 aromatic carbocycles. The molecule has 0 amide bonds. The molecule has 0 radical (unpaired) electrons. The van der Waals surface area contributed by atoms with Crippen LogP contribution in [-0.4, -0.2) is 10.2 Å². The van der Waals surface area contributed by atoms with Gasteiger partial charge in [-0.05, 0) is 12.1 Å². The van der Waals surface area contributed by atoms with Crippen LogP contribution in [0.15, 0.2) is 23.2 Å². The zero-order chi connectivity index (χ0) is 8.97. The van der Waals surface area contributed by atoms with Crippen LogP contribution in [-0.2, 0) is 6.54 Å². The molecule has 66 valence electrons. The molecule has 12 heavy (non-hydrogen) atoms. The molecule has 0 aliphatic rings. The molecule has 0 unspecified atom stereocenters. The van der Waals surface area contributed by atoms with Gasteiger partial charge in [0, 0.05) is 22.9 Å². The highest BCUT2D eigenvalue weighted by molar-refractivity contribution is 8.00. The Hall–Kier alpha value is -0.540. The first kappa shape index (κ1) is 9.55. The predicted octanol–water partition coefficient (Wildman–Crippen LogP) is 2.04. The first-order valence-corrected chi connectivity index (χ1v) is 4.92. The van der Waals surface area contributed by atoms with Crippen molar-refractivity contribution in [3.63, 3.8) is 0 Å². The van der Waals surface area contributed by atoms with Crippen molar-refractivity contribution in [3.8, 4) is 0 Å². The average Bonchev–Trinajstić information content (AvgIpc) is 2.04. The summed E-state index contributed by atoms with van der Waals surface area (Å²) in [7, 11) is 0. The second-order valence-electron chi connectivity index (χ2n) is 2.82. The fourth-order valence-corrected chi connectivity index (χ4v) is 1.87. The van der Waals surface area contributed by atoms with Crippen LogP contribution in [0.2, 0.25) is 0 Å². The fourth-order valence-electron chi connectivity index (χ4n) is 0.938. The van der Waals surface area contributed by atoms with Crippen LogP contribution in [0.1, 0.15) is 19.5 Å². The highest BCUT2D eigenvalue weighted by Crippen LogP contribution is 2.24. The van der Waals surface area contributed by atoms with Gasteiger partial charge in [-0.2, -0.15) is 0 Å². The maximum absolute atomic E-state index is 5.55. The highest BCUT2D eigenvalue weighted by atomic mass is 32.2. The molecule has 0 saturated heterocycles. The van der Waals surface area contributed by atoms with E-state index in [4.69, 9.17) is 5.73 Å². The summed E-state index contributed by atoms with van der Waals surface area (Å²) in [5.74, 6) is 0. The number of rotatable bonds is 3. The smallest absolute Gasteiger partial charge is 0.0675 e. The number of pyridine rings is 1. The maximum atomic E-state index is 5.55. The molecule has 0 atom stereocenters. The van der Waals surface area contributed by atoms with Crippen LogP contribution in [0.3, 0.4) is 0 Å². The van der Waals surface area contributed by atoms with E-state index in [1.54, 1.807) is 6.20 Å². The molecular weight excluding hydrogens is 168 g/mol. The maximum Gasteiger partial charge on any atom is 0.0675 e. The van der Waals surface area contributed by atoms with E-state index < -0.39 is 0 Å². The van der Waals surface area contributed by atoms with Crippen molar-refractivity contribution < 1.29 is 0 Å². The van der Waals surface area contributed by atoms with Crippen molar-refractivity contribution in [2.75, 3.05) is 0 Å². The van der Waals surface area contributed by atoms with Gasteiger partial charge < -0.3 is 5.73 Å². The Labute approximate surface area is 77.6 Å². The molecule has 0 fully saturated rings. The van der Waals surface area contributed by atoms with E-state index >= 15 is 0 Å². The minimum absolute atomic E-state index is 0.524. The van der Waals surface area contributed by atoms with Gasteiger partial charge in [0.2, 0.25) is 0 Å². The van der Waals surface area contributed by atoms with E-state index in [1.807, 2.05) is 17.8 Å². The Kier molecular flexibility index (Phi) is 3.56. The highest BCUT2D eigenvalue weighted by Gasteiger charge is 2.03. The molecule has 0 bridgehead atoms. The zero-order valence-electron chi connectivity index (χ0n) is 7.45. The summed E-state index contributed by atoms with van der Waals surface area (Å²) in [4.78, 5) is 5.41. The number of hydrogen-bond donors (Lipinski definition) is 1. The van der Waals surface area contributed by atoms with Crippen LogP contribution in [0.25, 0.3) is 0 Å². The molecule has 0 spiro atoms. The van der Waals surface area contributed by atoms with Gasteiger partial charge in [0.05, 0.1) is 5.69 Å². The third kappa shape index (κ3) is 2.50. The lowest BCUT2D eigenvalue weighted by Gasteiger charge is -2.07. The van der Waals surface area contributed by atoms with Gasteiger partial charge in [-0.15, -0.1) is 11.8 Å². The van der Waals surface area contributed by atoms with Crippen molar-refractivity contribution in [3.05, 3.63) is 24.0 Å². The summed E-state index contributed by atoms with van der Waals surface area (Å²) >= 11 is 1.81. The molecule has 1 aromatic heterocycles. The van der Waals surface area contributed by atoms with Gasteiger partial charge in [0.15, 0.2) is 0 Å². The molecule has 3 heteroatoms. The second kappa shape index (κ2) is 4.48. The van der Waals surface area contributed by atoms with Crippen LogP contribution >= 0.6 is 11.8 Å². The number of aromatic nitrogens is 1. The Morgan fingerprint density at radius 2 is 2.33 bits per heavy atom. The monoisotopic (exact) mass is 182 g/mol. The summed E-state index contributed by atoms with van der Waals surface area (Å²) in [6.45, 7) is 4.85. The predicted molar refractivity (Wildman–Crippen MR) is 53.1 cm³/mol. The van der Waals surface area contributed by atoms with Crippen LogP contribution in [0, 0.1) is 0 Å². The summed E-state index contributed by atoms with van der Waals surface area (Å²) < 4.78 is 0. The number of thioether (sulfide) groups is 1. The molecule has 0 saturated carbocycles. The summed E-state index contributed by atoms with van der Waals surface area (Å²) in [6, 6.07) is 4.02.